The Hall–Kier alpha value is -2.73. The SMILES string of the molecule is CC/C(C)=C/C=C(\C(NCc1ccc2nccnc2c1)=C(/C)F)N1CCNCC1. The number of piperazine rings is 1. The van der Waals surface area contributed by atoms with Gasteiger partial charge < -0.3 is 15.5 Å². The zero-order chi connectivity index (χ0) is 20.6. The van der Waals surface area contributed by atoms with Gasteiger partial charge in [0.1, 0.15) is 5.83 Å². The van der Waals surface area contributed by atoms with Gasteiger partial charge in [-0.05, 0) is 44.0 Å². The summed E-state index contributed by atoms with van der Waals surface area (Å²) in [5, 5.41) is 6.70. The van der Waals surface area contributed by atoms with Gasteiger partial charge in [0.05, 0.1) is 22.4 Å². The lowest BCUT2D eigenvalue weighted by Gasteiger charge is -2.33. The molecule has 2 heterocycles. The molecule has 3 rings (SSSR count). The van der Waals surface area contributed by atoms with Gasteiger partial charge in [0, 0.05) is 45.1 Å². The standard InChI is InChI=1S/C23H30FN5/c1-4-17(2)5-8-22(29-13-11-25-12-14-29)23(18(3)24)28-16-19-6-7-20-21(15-19)27-10-9-26-20/h5-10,15,25,28H,4,11-14,16H2,1-3H3/b17-5+,22-8+,23-18-. The molecule has 1 aromatic heterocycles. The van der Waals surface area contributed by atoms with Crippen molar-refractivity contribution in [2.75, 3.05) is 26.2 Å². The third kappa shape index (κ3) is 5.64. The largest absolute Gasteiger partial charge is 0.377 e. The Morgan fingerprint density at radius 1 is 1.14 bits per heavy atom. The van der Waals surface area contributed by atoms with Crippen LogP contribution >= 0.6 is 0 Å². The third-order valence-corrected chi connectivity index (χ3v) is 5.14. The molecule has 0 amide bonds. The molecule has 6 heteroatoms. The Kier molecular flexibility index (Phi) is 7.36. The van der Waals surface area contributed by atoms with Crippen molar-refractivity contribution < 1.29 is 4.39 Å². The second kappa shape index (κ2) is 10.2. The first-order chi connectivity index (χ1) is 14.1. The first-order valence-corrected chi connectivity index (χ1v) is 10.2. The quantitative estimate of drug-likeness (QED) is 0.693. The van der Waals surface area contributed by atoms with Crippen molar-refractivity contribution in [1.29, 1.82) is 0 Å². The number of aromatic nitrogens is 2. The fourth-order valence-corrected chi connectivity index (χ4v) is 3.29. The zero-order valence-electron chi connectivity index (χ0n) is 17.5. The van der Waals surface area contributed by atoms with E-state index in [0.29, 0.717) is 12.2 Å². The Morgan fingerprint density at radius 2 is 1.86 bits per heavy atom. The van der Waals surface area contributed by atoms with Gasteiger partial charge in [0.2, 0.25) is 0 Å². The van der Waals surface area contributed by atoms with Crippen LogP contribution in [0.4, 0.5) is 4.39 Å². The summed E-state index contributed by atoms with van der Waals surface area (Å²) in [6, 6.07) is 5.95. The maximum atomic E-state index is 14.6. The fourth-order valence-electron chi connectivity index (χ4n) is 3.29. The number of rotatable bonds is 7. The summed E-state index contributed by atoms with van der Waals surface area (Å²) >= 11 is 0. The summed E-state index contributed by atoms with van der Waals surface area (Å²) in [6.45, 7) is 9.77. The van der Waals surface area contributed by atoms with Gasteiger partial charge in [-0.3, -0.25) is 9.97 Å². The van der Waals surface area contributed by atoms with E-state index in [2.05, 4.69) is 45.4 Å². The number of halogens is 1. The monoisotopic (exact) mass is 395 g/mol. The van der Waals surface area contributed by atoms with E-state index in [4.69, 9.17) is 0 Å². The van der Waals surface area contributed by atoms with Crippen LogP contribution in [0.1, 0.15) is 32.8 Å². The van der Waals surface area contributed by atoms with Crippen molar-refractivity contribution in [3.8, 4) is 0 Å². The van der Waals surface area contributed by atoms with Crippen LogP contribution < -0.4 is 10.6 Å². The number of fused-ring (bicyclic) bond motifs is 1. The predicted octanol–water partition coefficient (Wildman–Crippen LogP) is 4.07. The Morgan fingerprint density at radius 3 is 2.55 bits per heavy atom. The molecule has 1 aromatic carbocycles. The second-order valence-electron chi connectivity index (χ2n) is 7.30. The highest BCUT2D eigenvalue weighted by atomic mass is 19.1. The average molecular weight is 396 g/mol. The van der Waals surface area contributed by atoms with Gasteiger partial charge in [-0.15, -0.1) is 0 Å². The van der Waals surface area contributed by atoms with Crippen LogP contribution in [0, 0.1) is 0 Å². The molecular formula is C23H30FN5. The van der Waals surface area contributed by atoms with Gasteiger partial charge in [0.25, 0.3) is 0 Å². The Bertz CT molecular complexity index is 922. The summed E-state index contributed by atoms with van der Waals surface area (Å²) in [4.78, 5) is 10.9. The second-order valence-corrected chi connectivity index (χ2v) is 7.30. The van der Waals surface area contributed by atoms with Crippen molar-refractivity contribution in [3.63, 3.8) is 0 Å². The summed E-state index contributed by atoms with van der Waals surface area (Å²) < 4.78 is 14.6. The summed E-state index contributed by atoms with van der Waals surface area (Å²) in [5.74, 6) is -0.210. The van der Waals surface area contributed by atoms with Crippen molar-refractivity contribution in [2.45, 2.75) is 33.7 Å². The Labute approximate surface area is 172 Å². The molecule has 0 saturated carbocycles. The first kappa shape index (κ1) is 21.0. The molecule has 0 radical (unpaired) electrons. The highest BCUT2D eigenvalue weighted by Crippen LogP contribution is 2.21. The van der Waals surface area contributed by atoms with E-state index in [1.807, 2.05) is 24.3 Å². The lowest BCUT2D eigenvalue weighted by Crippen LogP contribution is -2.44. The average Bonchev–Trinajstić information content (AvgIpc) is 2.75. The van der Waals surface area contributed by atoms with Crippen molar-refractivity contribution in [2.24, 2.45) is 0 Å². The molecule has 0 aliphatic carbocycles. The molecule has 0 spiro atoms. The third-order valence-electron chi connectivity index (χ3n) is 5.14. The predicted molar refractivity (Wildman–Crippen MR) is 117 cm³/mol. The number of hydrogen-bond donors (Lipinski definition) is 2. The maximum Gasteiger partial charge on any atom is 0.122 e. The minimum absolute atomic E-state index is 0.210. The molecule has 1 fully saturated rings. The fraction of sp³-hybridized carbons (Fsp3) is 0.391. The van der Waals surface area contributed by atoms with Crippen molar-refractivity contribution in [1.82, 2.24) is 25.5 Å². The molecule has 0 bridgehead atoms. The zero-order valence-corrected chi connectivity index (χ0v) is 17.5. The van der Waals surface area contributed by atoms with Crippen LogP contribution in [0.2, 0.25) is 0 Å². The first-order valence-electron chi connectivity index (χ1n) is 10.2. The lowest BCUT2D eigenvalue weighted by molar-refractivity contribution is 0.299. The van der Waals surface area contributed by atoms with Gasteiger partial charge in [-0.2, -0.15) is 0 Å². The number of nitrogens with one attached hydrogen (secondary N) is 2. The molecule has 1 aliphatic heterocycles. The van der Waals surface area contributed by atoms with E-state index in [-0.39, 0.29) is 5.83 Å². The van der Waals surface area contributed by atoms with Crippen molar-refractivity contribution >= 4 is 11.0 Å². The summed E-state index contributed by atoms with van der Waals surface area (Å²) in [6.07, 6.45) is 8.48. The van der Waals surface area contributed by atoms with E-state index in [9.17, 15) is 4.39 Å². The number of benzene rings is 1. The van der Waals surface area contributed by atoms with Crippen LogP contribution in [0.3, 0.4) is 0 Å². The molecule has 29 heavy (non-hydrogen) atoms. The van der Waals surface area contributed by atoms with Gasteiger partial charge >= 0.3 is 0 Å². The summed E-state index contributed by atoms with van der Waals surface area (Å²) in [7, 11) is 0. The molecule has 0 unspecified atom stereocenters. The molecule has 1 aliphatic rings. The van der Waals surface area contributed by atoms with E-state index in [1.165, 1.54) is 12.5 Å². The lowest BCUT2D eigenvalue weighted by atomic mass is 10.1. The van der Waals surface area contributed by atoms with Crippen LogP contribution in [0.5, 0.6) is 0 Å². The van der Waals surface area contributed by atoms with E-state index >= 15 is 0 Å². The highest BCUT2D eigenvalue weighted by Gasteiger charge is 2.18. The number of allylic oxidation sites excluding steroid dienone is 4. The van der Waals surface area contributed by atoms with Gasteiger partial charge in [0.15, 0.2) is 0 Å². The minimum atomic E-state index is -0.210. The van der Waals surface area contributed by atoms with Gasteiger partial charge in [-0.25, -0.2) is 4.39 Å². The van der Waals surface area contributed by atoms with Crippen molar-refractivity contribution in [3.05, 3.63) is 71.1 Å². The molecule has 2 aromatic rings. The topological polar surface area (TPSA) is 53.1 Å². The van der Waals surface area contributed by atoms with Gasteiger partial charge in [-0.1, -0.05) is 24.6 Å². The molecule has 5 nitrogen and oxygen atoms in total. The molecule has 0 atom stereocenters. The van der Waals surface area contributed by atoms with E-state index in [0.717, 1.165) is 54.9 Å². The minimum Gasteiger partial charge on any atom is -0.377 e. The molecule has 2 N–H and O–H groups in total. The highest BCUT2D eigenvalue weighted by molar-refractivity contribution is 5.74. The van der Waals surface area contributed by atoms with E-state index in [1.54, 1.807) is 12.4 Å². The smallest absolute Gasteiger partial charge is 0.122 e. The summed E-state index contributed by atoms with van der Waals surface area (Å²) in [5.41, 5.74) is 5.45. The number of hydrogen-bond acceptors (Lipinski definition) is 5. The molecule has 154 valence electrons. The van der Waals surface area contributed by atoms with E-state index < -0.39 is 0 Å². The maximum absolute atomic E-state index is 14.6. The van der Waals surface area contributed by atoms with Crippen LogP contribution in [0.15, 0.2) is 65.5 Å². The molecule has 1 saturated heterocycles. The Balaban J connectivity index is 1.85. The van der Waals surface area contributed by atoms with Crippen LogP contribution in [-0.4, -0.2) is 41.0 Å². The number of nitrogens with zero attached hydrogens (tertiary/aromatic N) is 3. The normalized spacial score (nSPS) is 16.8. The van der Waals surface area contributed by atoms with Crippen LogP contribution in [-0.2, 0) is 6.54 Å². The van der Waals surface area contributed by atoms with Crippen LogP contribution in [0.25, 0.3) is 11.0 Å². The molecular weight excluding hydrogens is 365 g/mol.